The molecule has 152 valence electrons. The summed E-state index contributed by atoms with van der Waals surface area (Å²) in [6.07, 6.45) is 10.1. The van der Waals surface area contributed by atoms with Gasteiger partial charge in [-0.25, -0.2) is 0 Å². The summed E-state index contributed by atoms with van der Waals surface area (Å²) in [7, 11) is 0. The summed E-state index contributed by atoms with van der Waals surface area (Å²) in [5.74, 6) is 0.384. The number of carbonyl (C=O) groups excluding carboxylic acids is 2. The van der Waals surface area contributed by atoms with Gasteiger partial charge in [0.15, 0.2) is 0 Å². The van der Waals surface area contributed by atoms with Crippen molar-refractivity contribution >= 4 is 11.8 Å². The maximum absolute atomic E-state index is 13.0. The molecule has 2 aromatic rings. The first-order chi connectivity index (χ1) is 14.0. The number of carbonyl (C=O) groups is 2. The Labute approximate surface area is 170 Å². The van der Waals surface area contributed by atoms with Crippen molar-refractivity contribution < 1.29 is 9.59 Å². The molecule has 3 fully saturated rings. The molecule has 0 bridgehead atoms. The summed E-state index contributed by atoms with van der Waals surface area (Å²) < 4.78 is 1.80. The van der Waals surface area contributed by atoms with Crippen molar-refractivity contribution in [3.63, 3.8) is 0 Å². The summed E-state index contributed by atoms with van der Waals surface area (Å²) in [5, 5.41) is 10.8. The van der Waals surface area contributed by atoms with Gasteiger partial charge in [0.25, 0.3) is 5.91 Å². The molecule has 7 heteroatoms. The number of hydrogen-bond donors (Lipinski definition) is 1. The van der Waals surface area contributed by atoms with Gasteiger partial charge in [-0.2, -0.15) is 0 Å². The lowest BCUT2D eigenvalue weighted by molar-refractivity contribution is -0.137. The molecule has 1 saturated heterocycles. The number of likely N-dealkylation sites (tertiary alicyclic amines) is 1. The number of nitrogens with one attached hydrogen (secondary N) is 1. The van der Waals surface area contributed by atoms with Crippen LogP contribution in [0.4, 0.5) is 0 Å². The molecule has 3 aliphatic rings. The van der Waals surface area contributed by atoms with Crippen LogP contribution in [0.1, 0.15) is 55.8 Å². The quantitative estimate of drug-likeness (QED) is 0.866. The Hall–Kier alpha value is -2.70. The van der Waals surface area contributed by atoms with Gasteiger partial charge in [0, 0.05) is 35.8 Å². The minimum absolute atomic E-state index is 0.0154. The molecule has 2 heterocycles. The SMILES string of the molecule is CC1CC(NC(=O)C2CC3(CCC3)C2)CN1C(=O)c1ccc(-n2cnnc2)cc1. The van der Waals surface area contributed by atoms with Crippen LogP contribution in [0.25, 0.3) is 5.69 Å². The fourth-order valence-corrected chi connectivity index (χ4v) is 5.27. The van der Waals surface area contributed by atoms with Crippen LogP contribution >= 0.6 is 0 Å². The van der Waals surface area contributed by atoms with Gasteiger partial charge in [-0.05, 0) is 68.7 Å². The Morgan fingerprint density at radius 2 is 1.79 bits per heavy atom. The first-order valence-electron chi connectivity index (χ1n) is 10.6. The second-order valence-electron chi connectivity index (χ2n) is 9.12. The van der Waals surface area contributed by atoms with Crippen LogP contribution in [0.2, 0.25) is 0 Å². The van der Waals surface area contributed by atoms with E-state index < -0.39 is 0 Å². The molecule has 2 atom stereocenters. The summed E-state index contributed by atoms with van der Waals surface area (Å²) in [4.78, 5) is 27.5. The molecule has 0 radical (unpaired) electrons. The number of amides is 2. The maximum atomic E-state index is 13.0. The van der Waals surface area contributed by atoms with Gasteiger partial charge >= 0.3 is 0 Å². The van der Waals surface area contributed by atoms with Crippen molar-refractivity contribution in [1.82, 2.24) is 25.0 Å². The average Bonchev–Trinajstić information content (AvgIpc) is 3.29. The lowest BCUT2D eigenvalue weighted by Gasteiger charge is -2.53. The number of rotatable bonds is 4. The molecule has 1 N–H and O–H groups in total. The first-order valence-corrected chi connectivity index (χ1v) is 10.6. The molecule has 2 saturated carbocycles. The third-order valence-electron chi connectivity index (χ3n) is 7.16. The Morgan fingerprint density at radius 1 is 1.10 bits per heavy atom. The van der Waals surface area contributed by atoms with E-state index in [1.807, 2.05) is 29.2 Å². The minimum atomic E-state index is 0.0154. The Bertz CT molecular complexity index is 896. The third-order valence-corrected chi connectivity index (χ3v) is 7.16. The van der Waals surface area contributed by atoms with Crippen molar-refractivity contribution in [2.24, 2.45) is 11.3 Å². The Kier molecular flexibility index (Phi) is 4.41. The second kappa shape index (κ2) is 6.97. The predicted molar refractivity (Wildman–Crippen MR) is 107 cm³/mol. The standard InChI is InChI=1S/C22H27N5O2/c1-15-9-18(25-20(28)17-10-22(11-17)7-2-8-22)12-27(15)21(29)16-3-5-19(6-4-16)26-13-23-24-14-26/h3-6,13-15,17-18H,2,7-12H2,1H3,(H,25,28). The highest BCUT2D eigenvalue weighted by Gasteiger charge is 2.50. The fourth-order valence-electron chi connectivity index (χ4n) is 5.27. The van der Waals surface area contributed by atoms with E-state index >= 15 is 0 Å². The van der Waals surface area contributed by atoms with Crippen molar-refractivity contribution in [1.29, 1.82) is 0 Å². The summed E-state index contributed by atoms with van der Waals surface area (Å²) in [6.45, 7) is 2.64. The Balaban J connectivity index is 1.18. The third kappa shape index (κ3) is 3.32. The van der Waals surface area contributed by atoms with Gasteiger partial charge < -0.3 is 10.2 Å². The first kappa shape index (κ1) is 18.3. The normalized spacial score (nSPS) is 25.5. The zero-order chi connectivity index (χ0) is 20.0. The average molecular weight is 393 g/mol. The largest absolute Gasteiger partial charge is 0.351 e. The molecule has 1 aromatic heterocycles. The van der Waals surface area contributed by atoms with E-state index in [2.05, 4.69) is 22.4 Å². The molecule has 1 spiro atoms. The number of nitrogens with zero attached hydrogens (tertiary/aromatic N) is 4. The molecule has 1 aromatic carbocycles. The highest BCUT2D eigenvalue weighted by molar-refractivity contribution is 5.95. The van der Waals surface area contributed by atoms with E-state index in [1.165, 1.54) is 19.3 Å². The lowest BCUT2D eigenvalue weighted by Crippen LogP contribution is -2.51. The van der Waals surface area contributed by atoms with Crippen LogP contribution in [-0.4, -0.2) is 50.1 Å². The lowest BCUT2D eigenvalue weighted by atomic mass is 9.51. The second-order valence-corrected chi connectivity index (χ2v) is 9.12. The topological polar surface area (TPSA) is 80.1 Å². The van der Waals surface area contributed by atoms with Crippen molar-refractivity contribution in [2.75, 3.05) is 6.54 Å². The van der Waals surface area contributed by atoms with E-state index in [9.17, 15) is 9.59 Å². The number of aromatic nitrogens is 3. The van der Waals surface area contributed by atoms with Gasteiger partial charge in [-0.3, -0.25) is 14.2 Å². The van der Waals surface area contributed by atoms with Crippen LogP contribution in [0.15, 0.2) is 36.9 Å². The van der Waals surface area contributed by atoms with E-state index in [4.69, 9.17) is 0 Å². The van der Waals surface area contributed by atoms with E-state index in [0.717, 1.165) is 24.9 Å². The smallest absolute Gasteiger partial charge is 0.254 e. The highest BCUT2D eigenvalue weighted by atomic mass is 16.2. The van der Waals surface area contributed by atoms with Gasteiger partial charge in [-0.15, -0.1) is 10.2 Å². The van der Waals surface area contributed by atoms with E-state index in [1.54, 1.807) is 17.2 Å². The minimum Gasteiger partial charge on any atom is -0.351 e. The maximum Gasteiger partial charge on any atom is 0.254 e. The summed E-state index contributed by atoms with van der Waals surface area (Å²) >= 11 is 0. The van der Waals surface area contributed by atoms with Crippen LogP contribution in [-0.2, 0) is 4.79 Å². The van der Waals surface area contributed by atoms with Crippen LogP contribution in [0.3, 0.4) is 0 Å². The monoisotopic (exact) mass is 393 g/mol. The molecule has 2 amide bonds. The van der Waals surface area contributed by atoms with Crippen LogP contribution < -0.4 is 5.32 Å². The number of benzene rings is 1. The molecule has 1 aliphatic heterocycles. The van der Waals surface area contributed by atoms with Crippen molar-refractivity contribution in [2.45, 2.75) is 57.5 Å². The molecular formula is C22H27N5O2. The van der Waals surface area contributed by atoms with Crippen molar-refractivity contribution in [3.05, 3.63) is 42.5 Å². The molecule has 2 unspecified atom stereocenters. The number of hydrogen-bond acceptors (Lipinski definition) is 4. The van der Waals surface area contributed by atoms with Gasteiger partial charge in [0.05, 0.1) is 0 Å². The van der Waals surface area contributed by atoms with E-state index in [0.29, 0.717) is 17.5 Å². The predicted octanol–water partition coefficient (Wildman–Crippen LogP) is 2.57. The molecular weight excluding hydrogens is 366 g/mol. The Morgan fingerprint density at radius 3 is 2.41 bits per heavy atom. The molecule has 7 nitrogen and oxygen atoms in total. The van der Waals surface area contributed by atoms with Crippen molar-refractivity contribution in [3.8, 4) is 5.69 Å². The zero-order valence-corrected chi connectivity index (χ0v) is 16.8. The molecule has 29 heavy (non-hydrogen) atoms. The van der Waals surface area contributed by atoms with Gasteiger partial charge in [-0.1, -0.05) is 6.42 Å². The summed E-state index contributed by atoms with van der Waals surface area (Å²) in [5.41, 5.74) is 2.08. The van der Waals surface area contributed by atoms with Gasteiger partial charge in [0.1, 0.15) is 12.7 Å². The van der Waals surface area contributed by atoms with Crippen LogP contribution in [0, 0.1) is 11.3 Å². The fraction of sp³-hybridized carbons (Fsp3) is 0.545. The summed E-state index contributed by atoms with van der Waals surface area (Å²) in [6, 6.07) is 7.62. The van der Waals surface area contributed by atoms with Crippen LogP contribution in [0.5, 0.6) is 0 Å². The highest BCUT2D eigenvalue weighted by Crippen LogP contribution is 2.58. The molecule has 2 aliphatic carbocycles. The van der Waals surface area contributed by atoms with E-state index in [-0.39, 0.29) is 29.8 Å². The van der Waals surface area contributed by atoms with Gasteiger partial charge in [0.2, 0.25) is 5.91 Å². The zero-order valence-electron chi connectivity index (χ0n) is 16.8. The molecule has 5 rings (SSSR count).